The molecule has 1 aromatic heterocycles. The fraction of sp³-hybridized carbons (Fsp3) is 0.333. The van der Waals surface area contributed by atoms with Gasteiger partial charge in [0.1, 0.15) is 5.75 Å². The fourth-order valence-corrected chi connectivity index (χ4v) is 4.12. The molecule has 0 saturated carbocycles. The maximum Gasteiger partial charge on any atom is 0.133 e. The van der Waals surface area contributed by atoms with Crippen molar-refractivity contribution in [3.05, 3.63) is 44.6 Å². The van der Waals surface area contributed by atoms with E-state index in [0.29, 0.717) is 6.04 Å². The topological polar surface area (TPSA) is 21.3 Å². The molecule has 0 amide bonds. The Balaban J connectivity index is 1.81. The van der Waals surface area contributed by atoms with E-state index in [-0.39, 0.29) is 0 Å². The van der Waals surface area contributed by atoms with Crippen molar-refractivity contribution >= 4 is 33.0 Å². The lowest BCUT2D eigenvalue weighted by molar-refractivity contribution is 0.412. The molecule has 1 unspecified atom stereocenters. The monoisotopic (exact) mass is 337 g/mol. The van der Waals surface area contributed by atoms with Crippen molar-refractivity contribution in [2.75, 3.05) is 12.4 Å². The van der Waals surface area contributed by atoms with Gasteiger partial charge in [-0.1, -0.05) is 0 Å². The quantitative estimate of drug-likeness (QED) is 0.849. The zero-order valence-electron chi connectivity index (χ0n) is 10.8. The van der Waals surface area contributed by atoms with Gasteiger partial charge < -0.3 is 10.1 Å². The molecular weight excluding hydrogens is 322 g/mol. The molecule has 1 atom stereocenters. The lowest BCUT2D eigenvalue weighted by Gasteiger charge is -2.25. The summed E-state index contributed by atoms with van der Waals surface area (Å²) in [5.74, 6) is 0.866. The molecular formula is C15H16BrNOS. The SMILES string of the molecule is COc1ccc(NC2CCCc3sccc32)cc1Br. The van der Waals surface area contributed by atoms with E-state index in [4.69, 9.17) is 4.74 Å². The summed E-state index contributed by atoms with van der Waals surface area (Å²) in [6.45, 7) is 0. The van der Waals surface area contributed by atoms with Crippen LogP contribution in [0.3, 0.4) is 0 Å². The van der Waals surface area contributed by atoms with Crippen molar-refractivity contribution in [3.8, 4) is 5.75 Å². The number of nitrogens with one attached hydrogen (secondary N) is 1. The second-order valence-electron chi connectivity index (χ2n) is 4.74. The van der Waals surface area contributed by atoms with E-state index in [2.05, 4.69) is 44.8 Å². The molecule has 2 nitrogen and oxygen atoms in total. The van der Waals surface area contributed by atoms with Gasteiger partial charge in [-0.25, -0.2) is 0 Å². The molecule has 100 valence electrons. The number of aryl methyl sites for hydroxylation is 1. The summed E-state index contributed by atoms with van der Waals surface area (Å²) in [6.07, 6.45) is 3.70. The number of rotatable bonds is 3. The number of benzene rings is 1. The highest BCUT2D eigenvalue weighted by Gasteiger charge is 2.21. The Bertz CT molecular complexity index is 581. The van der Waals surface area contributed by atoms with Crippen LogP contribution in [0.15, 0.2) is 34.1 Å². The highest BCUT2D eigenvalue weighted by atomic mass is 79.9. The first-order valence-electron chi connectivity index (χ1n) is 6.44. The zero-order chi connectivity index (χ0) is 13.2. The summed E-state index contributed by atoms with van der Waals surface area (Å²) in [5.41, 5.74) is 2.61. The van der Waals surface area contributed by atoms with Gasteiger partial charge in [0, 0.05) is 10.6 Å². The summed E-state index contributed by atoms with van der Waals surface area (Å²) in [5, 5.41) is 5.84. The first kappa shape index (κ1) is 13.0. The minimum atomic E-state index is 0.440. The van der Waals surface area contributed by atoms with Crippen LogP contribution in [0.1, 0.15) is 29.3 Å². The highest BCUT2D eigenvalue weighted by molar-refractivity contribution is 9.10. The lowest BCUT2D eigenvalue weighted by Crippen LogP contribution is -2.15. The largest absolute Gasteiger partial charge is 0.496 e. The number of halogens is 1. The van der Waals surface area contributed by atoms with Crippen LogP contribution >= 0.6 is 27.3 Å². The van der Waals surface area contributed by atoms with Gasteiger partial charge in [0.05, 0.1) is 17.6 Å². The van der Waals surface area contributed by atoms with Gasteiger partial charge in [-0.3, -0.25) is 0 Å². The van der Waals surface area contributed by atoms with Gasteiger partial charge in [-0.2, -0.15) is 0 Å². The molecule has 0 radical (unpaired) electrons. The molecule has 1 heterocycles. The third-order valence-electron chi connectivity index (χ3n) is 3.54. The van der Waals surface area contributed by atoms with Crippen LogP contribution in [0.25, 0.3) is 0 Å². The summed E-state index contributed by atoms with van der Waals surface area (Å²) in [6, 6.07) is 8.85. The second-order valence-corrected chi connectivity index (χ2v) is 6.59. The molecule has 1 aromatic carbocycles. The summed E-state index contributed by atoms with van der Waals surface area (Å²) >= 11 is 5.41. The molecule has 19 heavy (non-hydrogen) atoms. The van der Waals surface area contributed by atoms with Crippen molar-refractivity contribution in [1.82, 2.24) is 0 Å². The predicted molar refractivity (Wildman–Crippen MR) is 84.3 cm³/mol. The number of thiophene rings is 1. The van der Waals surface area contributed by atoms with Crippen LogP contribution in [-0.4, -0.2) is 7.11 Å². The van der Waals surface area contributed by atoms with Crippen LogP contribution in [0.4, 0.5) is 5.69 Å². The van der Waals surface area contributed by atoms with Crippen molar-refractivity contribution in [2.45, 2.75) is 25.3 Å². The van der Waals surface area contributed by atoms with Crippen LogP contribution in [0.5, 0.6) is 5.75 Å². The molecule has 0 bridgehead atoms. The number of methoxy groups -OCH3 is 1. The van der Waals surface area contributed by atoms with Gasteiger partial charge in [-0.15, -0.1) is 11.3 Å². The Kier molecular flexibility index (Phi) is 3.80. The molecule has 0 spiro atoms. The smallest absolute Gasteiger partial charge is 0.133 e. The average Bonchev–Trinajstić information content (AvgIpc) is 2.88. The number of ether oxygens (including phenoxy) is 1. The molecule has 3 rings (SSSR count). The van der Waals surface area contributed by atoms with Crippen LogP contribution < -0.4 is 10.1 Å². The Morgan fingerprint density at radius 1 is 1.37 bits per heavy atom. The molecule has 0 saturated heterocycles. The summed E-state index contributed by atoms with van der Waals surface area (Å²) in [4.78, 5) is 1.54. The highest BCUT2D eigenvalue weighted by Crippen LogP contribution is 2.36. The Morgan fingerprint density at radius 2 is 2.26 bits per heavy atom. The van der Waals surface area contributed by atoms with Gasteiger partial charge in [0.15, 0.2) is 0 Å². The van der Waals surface area contributed by atoms with Gasteiger partial charge in [0.25, 0.3) is 0 Å². The van der Waals surface area contributed by atoms with E-state index < -0.39 is 0 Å². The Morgan fingerprint density at radius 3 is 3.05 bits per heavy atom. The minimum Gasteiger partial charge on any atom is -0.496 e. The molecule has 1 aliphatic rings. The maximum absolute atomic E-state index is 5.26. The van der Waals surface area contributed by atoms with E-state index >= 15 is 0 Å². The average molecular weight is 338 g/mol. The zero-order valence-corrected chi connectivity index (χ0v) is 13.2. The van der Waals surface area contributed by atoms with E-state index in [9.17, 15) is 0 Å². The van der Waals surface area contributed by atoms with Gasteiger partial charge >= 0.3 is 0 Å². The molecule has 0 fully saturated rings. The van der Waals surface area contributed by atoms with E-state index in [0.717, 1.165) is 15.9 Å². The van der Waals surface area contributed by atoms with Crippen LogP contribution in [0, 0.1) is 0 Å². The standard InChI is InChI=1S/C15H16BrNOS/c1-18-14-6-5-10(9-12(14)16)17-13-3-2-4-15-11(13)7-8-19-15/h5-9,13,17H,2-4H2,1H3. The van der Waals surface area contributed by atoms with Gasteiger partial charge in [0.2, 0.25) is 0 Å². The number of hydrogen-bond acceptors (Lipinski definition) is 3. The van der Waals surface area contributed by atoms with Gasteiger partial charge in [-0.05, 0) is 70.4 Å². The minimum absolute atomic E-state index is 0.440. The molecule has 0 aliphatic heterocycles. The van der Waals surface area contributed by atoms with E-state index in [1.54, 1.807) is 7.11 Å². The fourth-order valence-electron chi connectivity index (χ4n) is 2.59. The summed E-state index contributed by atoms with van der Waals surface area (Å²) in [7, 11) is 1.69. The second kappa shape index (κ2) is 5.55. The van der Waals surface area contributed by atoms with Crippen molar-refractivity contribution < 1.29 is 4.74 Å². The van der Waals surface area contributed by atoms with Crippen LogP contribution in [-0.2, 0) is 6.42 Å². The molecule has 1 N–H and O–H groups in total. The van der Waals surface area contributed by atoms with Crippen LogP contribution in [0.2, 0.25) is 0 Å². The summed E-state index contributed by atoms with van der Waals surface area (Å²) < 4.78 is 6.25. The first-order valence-corrected chi connectivity index (χ1v) is 8.11. The predicted octanol–water partition coefficient (Wildman–Crippen LogP) is 5.01. The Labute approximate surface area is 125 Å². The molecule has 4 heteroatoms. The van der Waals surface area contributed by atoms with Crippen molar-refractivity contribution in [3.63, 3.8) is 0 Å². The Hall–Kier alpha value is -1.00. The third kappa shape index (κ3) is 2.65. The third-order valence-corrected chi connectivity index (χ3v) is 5.16. The number of fused-ring (bicyclic) bond motifs is 1. The maximum atomic E-state index is 5.26. The lowest BCUT2D eigenvalue weighted by atomic mass is 9.94. The number of hydrogen-bond donors (Lipinski definition) is 1. The van der Waals surface area contributed by atoms with E-state index in [1.165, 1.54) is 29.7 Å². The molecule has 2 aromatic rings. The van der Waals surface area contributed by atoms with Crippen molar-refractivity contribution in [2.24, 2.45) is 0 Å². The van der Waals surface area contributed by atoms with E-state index in [1.807, 2.05) is 17.4 Å². The molecule has 1 aliphatic carbocycles. The normalized spacial score (nSPS) is 17.9. The van der Waals surface area contributed by atoms with Crippen molar-refractivity contribution in [1.29, 1.82) is 0 Å². The first-order chi connectivity index (χ1) is 9.28. The number of anilines is 1.